The molecule has 0 bridgehead atoms. The van der Waals surface area contributed by atoms with Crippen molar-refractivity contribution >= 4 is 17.3 Å². The van der Waals surface area contributed by atoms with Crippen LogP contribution in [0.1, 0.15) is 34.7 Å². The van der Waals surface area contributed by atoms with Gasteiger partial charge in [-0.25, -0.2) is 0 Å². The van der Waals surface area contributed by atoms with Crippen LogP contribution in [0.25, 0.3) is 5.69 Å². The van der Waals surface area contributed by atoms with E-state index in [1.54, 1.807) is 12.3 Å². The summed E-state index contributed by atoms with van der Waals surface area (Å²) in [6.07, 6.45) is 1.81. The lowest BCUT2D eigenvalue weighted by Crippen LogP contribution is -2.25. The molecular weight excluding hydrogens is 356 g/mol. The minimum absolute atomic E-state index is 0.0259. The zero-order valence-corrected chi connectivity index (χ0v) is 16.4. The summed E-state index contributed by atoms with van der Waals surface area (Å²) in [5.41, 5.74) is 5.06. The largest absolute Gasteiger partial charge is 0.506 e. The molecule has 1 aliphatic heterocycles. The topological polar surface area (TPSA) is 53.3 Å². The molecule has 3 heterocycles. The first-order chi connectivity index (χ1) is 13.0. The van der Waals surface area contributed by atoms with E-state index in [-0.39, 0.29) is 17.8 Å². The van der Waals surface area contributed by atoms with Gasteiger partial charge in [0.2, 0.25) is 0 Å². The van der Waals surface area contributed by atoms with E-state index in [0.29, 0.717) is 5.11 Å². The second kappa shape index (κ2) is 6.70. The van der Waals surface area contributed by atoms with Crippen LogP contribution in [0.5, 0.6) is 5.75 Å². The number of nitrogens with one attached hydrogen (secondary N) is 1. The Balaban J connectivity index is 1.84. The minimum Gasteiger partial charge on any atom is -0.506 e. The van der Waals surface area contributed by atoms with Crippen LogP contribution < -0.4 is 5.32 Å². The Kier molecular flexibility index (Phi) is 4.36. The van der Waals surface area contributed by atoms with Crippen molar-refractivity contribution in [2.24, 2.45) is 0 Å². The van der Waals surface area contributed by atoms with E-state index in [0.717, 1.165) is 22.8 Å². The Labute approximate surface area is 164 Å². The van der Waals surface area contributed by atoms with Crippen molar-refractivity contribution in [2.75, 3.05) is 7.05 Å². The van der Waals surface area contributed by atoms with Gasteiger partial charge in [-0.2, -0.15) is 0 Å². The number of para-hydroxylation sites is 2. The number of nitrogens with zero attached hydrogens (tertiary/aromatic N) is 3. The zero-order chi connectivity index (χ0) is 19.1. The first-order valence-corrected chi connectivity index (χ1v) is 9.31. The van der Waals surface area contributed by atoms with Crippen molar-refractivity contribution in [1.82, 2.24) is 19.8 Å². The third-order valence-corrected chi connectivity index (χ3v) is 5.66. The fourth-order valence-electron chi connectivity index (χ4n) is 3.96. The van der Waals surface area contributed by atoms with Crippen molar-refractivity contribution in [3.63, 3.8) is 0 Å². The Morgan fingerprint density at radius 3 is 2.56 bits per heavy atom. The van der Waals surface area contributed by atoms with E-state index in [2.05, 4.69) is 39.7 Å². The molecule has 2 atom stereocenters. The van der Waals surface area contributed by atoms with Crippen molar-refractivity contribution in [1.29, 1.82) is 0 Å². The molecule has 1 saturated heterocycles. The number of likely N-dealkylation sites (N-methyl/N-ethyl adjacent to an activating group) is 1. The van der Waals surface area contributed by atoms with E-state index >= 15 is 0 Å². The summed E-state index contributed by atoms with van der Waals surface area (Å²) in [4.78, 5) is 6.63. The molecule has 3 aromatic rings. The van der Waals surface area contributed by atoms with Crippen LogP contribution in [0.3, 0.4) is 0 Å². The second-order valence-corrected chi connectivity index (χ2v) is 7.27. The predicted octanol–water partition coefficient (Wildman–Crippen LogP) is 3.80. The Hall–Kier alpha value is -2.86. The molecule has 5 nitrogen and oxygen atoms in total. The molecule has 1 fully saturated rings. The number of hydrogen-bond donors (Lipinski definition) is 2. The third-order valence-electron chi connectivity index (χ3n) is 5.25. The van der Waals surface area contributed by atoms with Crippen LogP contribution in [-0.4, -0.2) is 31.7 Å². The monoisotopic (exact) mass is 378 g/mol. The zero-order valence-electron chi connectivity index (χ0n) is 15.5. The fourth-order valence-corrected chi connectivity index (χ4v) is 4.20. The molecule has 4 rings (SSSR count). The Morgan fingerprint density at radius 1 is 1.11 bits per heavy atom. The highest BCUT2D eigenvalue weighted by molar-refractivity contribution is 7.80. The number of pyridine rings is 1. The third kappa shape index (κ3) is 2.86. The SMILES string of the molecule is Cc1cc(C2C(c3ccccn3)NC(=S)N2C)c(C)n1-c1ccccc1O. The molecule has 2 unspecified atom stereocenters. The molecule has 2 N–H and O–H groups in total. The molecule has 0 amide bonds. The maximum absolute atomic E-state index is 10.3. The maximum Gasteiger partial charge on any atom is 0.169 e. The summed E-state index contributed by atoms with van der Waals surface area (Å²) in [6, 6.07) is 15.5. The number of benzene rings is 1. The highest BCUT2D eigenvalue weighted by atomic mass is 32.1. The van der Waals surface area contributed by atoms with Gasteiger partial charge in [-0.15, -0.1) is 0 Å². The first-order valence-electron chi connectivity index (χ1n) is 8.90. The lowest BCUT2D eigenvalue weighted by Gasteiger charge is -2.24. The molecule has 1 aliphatic rings. The Bertz CT molecular complexity index is 999. The molecule has 6 heteroatoms. The summed E-state index contributed by atoms with van der Waals surface area (Å²) >= 11 is 5.53. The van der Waals surface area contributed by atoms with Crippen molar-refractivity contribution in [3.05, 3.63) is 77.4 Å². The molecule has 0 saturated carbocycles. The van der Waals surface area contributed by atoms with Gasteiger partial charge in [0.25, 0.3) is 0 Å². The van der Waals surface area contributed by atoms with Crippen molar-refractivity contribution in [2.45, 2.75) is 25.9 Å². The summed E-state index contributed by atoms with van der Waals surface area (Å²) in [5, 5.41) is 14.5. The molecule has 2 aromatic heterocycles. The van der Waals surface area contributed by atoms with Crippen LogP contribution in [0, 0.1) is 13.8 Å². The van der Waals surface area contributed by atoms with E-state index in [9.17, 15) is 5.11 Å². The van der Waals surface area contributed by atoms with Gasteiger partial charge in [0.1, 0.15) is 5.75 Å². The summed E-state index contributed by atoms with van der Waals surface area (Å²) in [5.74, 6) is 0.264. The van der Waals surface area contributed by atoms with Crippen LogP contribution >= 0.6 is 12.2 Å². The molecule has 1 aromatic carbocycles. The molecule has 27 heavy (non-hydrogen) atoms. The minimum atomic E-state index is -0.0259. The number of phenols is 1. The van der Waals surface area contributed by atoms with Gasteiger partial charge in [0.05, 0.1) is 23.5 Å². The standard InChI is InChI=1S/C21H22N4OS/c1-13-12-15(14(2)25(13)17-9-4-5-10-18(17)26)20-19(23-21(27)24(20)3)16-8-6-7-11-22-16/h4-12,19-20,26H,1-3H3,(H,23,27). The van der Waals surface area contributed by atoms with Crippen LogP contribution in [0.2, 0.25) is 0 Å². The van der Waals surface area contributed by atoms with Gasteiger partial charge in [-0.05, 0) is 62.0 Å². The highest BCUT2D eigenvalue weighted by Crippen LogP contribution is 2.40. The maximum atomic E-state index is 10.3. The summed E-state index contributed by atoms with van der Waals surface area (Å²) in [6.45, 7) is 4.14. The van der Waals surface area contributed by atoms with E-state index in [1.807, 2.05) is 43.4 Å². The van der Waals surface area contributed by atoms with E-state index in [1.165, 1.54) is 5.56 Å². The second-order valence-electron chi connectivity index (χ2n) is 6.89. The Morgan fingerprint density at radius 2 is 1.85 bits per heavy atom. The van der Waals surface area contributed by atoms with Gasteiger partial charge in [-0.1, -0.05) is 18.2 Å². The smallest absolute Gasteiger partial charge is 0.169 e. The molecular formula is C21H22N4OS. The molecule has 0 aliphatic carbocycles. The average Bonchev–Trinajstić information content (AvgIpc) is 3.12. The number of phenolic OH excluding ortho intramolecular Hbond substituents is 1. The van der Waals surface area contributed by atoms with Gasteiger partial charge in [0.15, 0.2) is 5.11 Å². The van der Waals surface area contributed by atoms with Crippen LogP contribution in [0.4, 0.5) is 0 Å². The number of aromatic nitrogens is 2. The van der Waals surface area contributed by atoms with Crippen LogP contribution in [-0.2, 0) is 0 Å². The van der Waals surface area contributed by atoms with E-state index < -0.39 is 0 Å². The fraction of sp³-hybridized carbons (Fsp3) is 0.238. The van der Waals surface area contributed by atoms with Crippen molar-refractivity contribution in [3.8, 4) is 11.4 Å². The number of aromatic hydroxyl groups is 1. The van der Waals surface area contributed by atoms with Gasteiger partial charge >= 0.3 is 0 Å². The number of rotatable bonds is 3. The number of thiocarbonyl (C=S) groups is 1. The van der Waals surface area contributed by atoms with E-state index in [4.69, 9.17) is 12.2 Å². The summed E-state index contributed by atoms with van der Waals surface area (Å²) in [7, 11) is 2.01. The molecule has 0 spiro atoms. The quantitative estimate of drug-likeness (QED) is 0.679. The predicted molar refractivity (Wildman–Crippen MR) is 110 cm³/mol. The lowest BCUT2D eigenvalue weighted by atomic mass is 9.97. The normalized spacial score (nSPS) is 19.4. The number of hydrogen-bond acceptors (Lipinski definition) is 3. The average molecular weight is 379 g/mol. The van der Waals surface area contributed by atoms with Gasteiger partial charge < -0.3 is 19.9 Å². The van der Waals surface area contributed by atoms with Crippen molar-refractivity contribution < 1.29 is 5.11 Å². The van der Waals surface area contributed by atoms with Crippen LogP contribution in [0.15, 0.2) is 54.7 Å². The van der Waals surface area contributed by atoms with Gasteiger partial charge in [-0.3, -0.25) is 4.98 Å². The first kappa shape index (κ1) is 17.5. The summed E-state index contributed by atoms with van der Waals surface area (Å²) < 4.78 is 2.09. The number of aryl methyl sites for hydroxylation is 1. The van der Waals surface area contributed by atoms with Gasteiger partial charge in [0, 0.05) is 24.6 Å². The lowest BCUT2D eigenvalue weighted by molar-refractivity contribution is 0.367. The molecule has 138 valence electrons. The highest BCUT2D eigenvalue weighted by Gasteiger charge is 2.39. The molecule has 0 radical (unpaired) electrons.